The van der Waals surface area contributed by atoms with Crippen molar-refractivity contribution in [1.29, 1.82) is 0 Å². The van der Waals surface area contributed by atoms with Crippen LogP contribution in [0.15, 0.2) is 24.3 Å². The molecule has 1 aromatic rings. The van der Waals surface area contributed by atoms with Crippen molar-refractivity contribution in [2.45, 2.75) is 56.8 Å². The average molecular weight is 379 g/mol. The number of hydrogen-bond acceptors (Lipinski definition) is 3. The molecule has 1 heterocycles. The van der Waals surface area contributed by atoms with Crippen molar-refractivity contribution in [3.8, 4) is 0 Å². The molecule has 5 heteroatoms. The van der Waals surface area contributed by atoms with Crippen LogP contribution in [0.4, 0.5) is 0 Å². The Kier molecular flexibility index (Phi) is 6.60. The minimum atomic E-state index is -0.144. The molecule has 2 fully saturated rings. The van der Waals surface area contributed by atoms with Crippen LogP contribution in [0.5, 0.6) is 0 Å². The maximum Gasteiger partial charge on any atom is 0.220 e. The molecular formula is C21H31ClN2O2. The minimum Gasteiger partial charge on any atom is -0.381 e. The third-order valence-corrected chi connectivity index (χ3v) is 6.73. The maximum absolute atomic E-state index is 12.7. The van der Waals surface area contributed by atoms with E-state index in [2.05, 4.69) is 11.4 Å². The zero-order valence-electron chi connectivity index (χ0n) is 15.6. The predicted octanol–water partition coefficient (Wildman–Crippen LogP) is 3.80. The lowest BCUT2D eigenvalue weighted by molar-refractivity contribution is -0.124. The quantitative estimate of drug-likeness (QED) is 0.791. The first kappa shape index (κ1) is 19.7. The number of ether oxygens (including phenoxy) is 1. The zero-order chi connectivity index (χ0) is 18.5. The number of nitrogens with one attached hydrogen (secondary N) is 1. The van der Waals surface area contributed by atoms with Gasteiger partial charge in [0.2, 0.25) is 5.91 Å². The zero-order valence-corrected chi connectivity index (χ0v) is 16.3. The van der Waals surface area contributed by atoms with Crippen molar-refractivity contribution in [1.82, 2.24) is 5.32 Å². The van der Waals surface area contributed by atoms with E-state index in [9.17, 15) is 4.79 Å². The fourth-order valence-electron chi connectivity index (χ4n) is 4.62. The summed E-state index contributed by atoms with van der Waals surface area (Å²) < 4.78 is 5.58. The van der Waals surface area contributed by atoms with Gasteiger partial charge in [-0.05, 0) is 49.3 Å². The number of hydrogen-bond donors (Lipinski definition) is 2. The standard InChI is InChI=1S/C21H31ClN2O2/c22-18-7-3-2-6-17(18)21(10-12-26-13-11-21)16-24-19(25)14-20(15-23)8-4-1-5-9-20/h2-3,6-7H,1,4-5,8-16,23H2,(H,24,25). The second-order valence-electron chi connectivity index (χ2n) is 8.09. The lowest BCUT2D eigenvalue weighted by Gasteiger charge is -2.39. The highest BCUT2D eigenvalue weighted by atomic mass is 35.5. The van der Waals surface area contributed by atoms with Gasteiger partial charge in [0.25, 0.3) is 0 Å². The van der Waals surface area contributed by atoms with Gasteiger partial charge in [0.1, 0.15) is 0 Å². The summed E-state index contributed by atoms with van der Waals surface area (Å²) in [5, 5.41) is 3.99. The first-order valence-electron chi connectivity index (χ1n) is 9.89. The van der Waals surface area contributed by atoms with E-state index < -0.39 is 0 Å². The summed E-state index contributed by atoms with van der Waals surface area (Å²) in [7, 11) is 0. The van der Waals surface area contributed by atoms with Crippen LogP contribution in [0.3, 0.4) is 0 Å². The van der Waals surface area contributed by atoms with Crippen LogP contribution in [0.2, 0.25) is 5.02 Å². The SMILES string of the molecule is NCC1(CC(=O)NCC2(c3ccccc3Cl)CCOCC2)CCCCC1. The molecule has 1 amide bonds. The van der Waals surface area contributed by atoms with Gasteiger partial charge in [0.15, 0.2) is 0 Å². The van der Waals surface area contributed by atoms with Crippen LogP contribution in [-0.4, -0.2) is 32.2 Å². The first-order chi connectivity index (χ1) is 12.6. The molecule has 26 heavy (non-hydrogen) atoms. The van der Waals surface area contributed by atoms with Gasteiger partial charge in [0, 0.05) is 36.6 Å². The molecule has 1 aliphatic heterocycles. The van der Waals surface area contributed by atoms with E-state index in [0.29, 0.717) is 32.7 Å². The number of carbonyl (C=O) groups is 1. The Bertz CT molecular complexity index is 608. The molecule has 0 atom stereocenters. The molecule has 1 saturated heterocycles. The summed E-state index contributed by atoms with van der Waals surface area (Å²) in [4.78, 5) is 12.7. The Labute approximate surface area is 161 Å². The second kappa shape index (κ2) is 8.73. The summed E-state index contributed by atoms with van der Waals surface area (Å²) >= 11 is 6.49. The first-order valence-corrected chi connectivity index (χ1v) is 10.3. The number of rotatable bonds is 6. The topological polar surface area (TPSA) is 64.4 Å². The maximum atomic E-state index is 12.7. The lowest BCUT2D eigenvalue weighted by Crippen LogP contribution is -2.46. The van der Waals surface area contributed by atoms with Crippen LogP contribution in [-0.2, 0) is 14.9 Å². The van der Waals surface area contributed by atoms with Gasteiger partial charge in [0.05, 0.1) is 0 Å². The number of amides is 1. The number of nitrogens with two attached hydrogens (primary N) is 1. The van der Waals surface area contributed by atoms with Gasteiger partial charge in [-0.15, -0.1) is 0 Å². The van der Waals surface area contributed by atoms with Crippen molar-refractivity contribution in [2.75, 3.05) is 26.3 Å². The molecular weight excluding hydrogens is 348 g/mol. The second-order valence-corrected chi connectivity index (χ2v) is 8.50. The van der Waals surface area contributed by atoms with Crippen molar-refractivity contribution in [3.05, 3.63) is 34.9 Å². The van der Waals surface area contributed by atoms with Gasteiger partial charge in [-0.1, -0.05) is 49.1 Å². The molecule has 1 aromatic carbocycles. The van der Waals surface area contributed by atoms with E-state index in [1.54, 1.807) is 0 Å². The highest BCUT2D eigenvalue weighted by Gasteiger charge is 2.38. The molecule has 144 valence electrons. The molecule has 0 aromatic heterocycles. The van der Waals surface area contributed by atoms with Gasteiger partial charge >= 0.3 is 0 Å². The van der Waals surface area contributed by atoms with Gasteiger partial charge in [-0.25, -0.2) is 0 Å². The fourth-order valence-corrected chi connectivity index (χ4v) is 4.96. The Balaban J connectivity index is 1.68. The molecule has 3 rings (SSSR count). The number of benzene rings is 1. The Morgan fingerprint density at radius 3 is 2.46 bits per heavy atom. The highest BCUT2D eigenvalue weighted by molar-refractivity contribution is 6.31. The summed E-state index contributed by atoms with van der Waals surface area (Å²) in [5.41, 5.74) is 7.02. The van der Waals surface area contributed by atoms with E-state index in [1.807, 2.05) is 18.2 Å². The largest absolute Gasteiger partial charge is 0.381 e. The van der Waals surface area contributed by atoms with E-state index in [1.165, 1.54) is 19.3 Å². The summed E-state index contributed by atoms with van der Waals surface area (Å²) in [6, 6.07) is 7.99. The third kappa shape index (κ3) is 4.41. The van der Waals surface area contributed by atoms with Crippen LogP contribution in [0.1, 0.15) is 56.9 Å². The predicted molar refractivity (Wildman–Crippen MR) is 105 cm³/mol. The van der Waals surface area contributed by atoms with Crippen LogP contribution in [0.25, 0.3) is 0 Å². The Morgan fingerprint density at radius 1 is 1.12 bits per heavy atom. The molecule has 0 bridgehead atoms. The monoisotopic (exact) mass is 378 g/mol. The molecule has 2 aliphatic rings. The van der Waals surface area contributed by atoms with E-state index in [4.69, 9.17) is 22.1 Å². The number of halogens is 1. The molecule has 1 saturated carbocycles. The average Bonchev–Trinajstić information content (AvgIpc) is 2.68. The molecule has 4 nitrogen and oxygen atoms in total. The fraction of sp³-hybridized carbons (Fsp3) is 0.667. The van der Waals surface area contributed by atoms with Crippen LogP contribution in [0, 0.1) is 5.41 Å². The Morgan fingerprint density at radius 2 is 1.81 bits per heavy atom. The van der Waals surface area contributed by atoms with E-state index in [-0.39, 0.29) is 16.7 Å². The summed E-state index contributed by atoms with van der Waals surface area (Å²) in [6.45, 7) is 2.62. The summed E-state index contributed by atoms with van der Waals surface area (Å²) in [5.74, 6) is 0.121. The van der Waals surface area contributed by atoms with Gasteiger partial charge in [-0.2, -0.15) is 0 Å². The van der Waals surface area contributed by atoms with Crippen molar-refractivity contribution < 1.29 is 9.53 Å². The van der Waals surface area contributed by atoms with Crippen molar-refractivity contribution >= 4 is 17.5 Å². The van der Waals surface area contributed by atoms with Gasteiger partial charge < -0.3 is 15.8 Å². The van der Waals surface area contributed by atoms with Crippen molar-refractivity contribution in [2.24, 2.45) is 11.1 Å². The molecule has 0 spiro atoms. The normalized spacial score (nSPS) is 21.9. The van der Waals surface area contributed by atoms with E-state index in [0.717, 1.165) is 36.3 Å². The van der Waals surface area contributed by atoms with Crippen molar-refractivity contribution in [3.63, 3.8) is 0 Å². The molecule has 3 N–H and O–H groups in total. The van der Waals surface area contributed by atoms with Crippen LogP contribution >= 0.6 is 11.6 Å². The molecule has 1 aliphatic carbocycles. The Hall–Kier alpha value is -1.10. The third-order valence-electron chi connectivity index (χ3n) is 6.40. The van der Waals surface area contributed by atoms with E-state index >= 15 is 0 Å². The lowest BCUT2D eigenvalue weighted by atomic mass is 9.71. The smallest absolute Gasteiger partial charge is 0.220 e. The minimum absolute atomic E-state index is 0.00440. The highest BCUT2D eigenvalue weighted by Crippen LogP contribution is 2.40. The van der Waals surface area contributed by atoms with Gasteiger partial charge in [-0.3, -0.25) is 4.79 Å². The van der Waals surface area contributed by atoms with Crippen LogP contribution < -0.4 is 11.1 Å². The summed E-state index contributed by atoms with van der Waals surface area (Å²) in [6.07, 6.45) is 8.06. The molecule has 0 radical (unpaired) electrons. The molecule has 0 unspecified atom stereocenters. The number of carbonyl (C=O) groups excluding carboxylic acids is 1.